The molecule has 0 N–H and O–H groups in total. The molecule has 31 heavy (non-hydrogen) atoms. The van der Waals surface area contributed by atoms with E-state index in [2.05, 4.69) is 43.0 Å². The molecular weight excluding hydrogens is 415 g/mol. The van der Waals surface area contributed by atoms with Crippen molar-refractivity contribution in [2.75, 3.05) is 0 Å². The second-order valence-electron chi connectivity index (χ2n) is 8.44. The van der Waals surface area contributed by atoms with E-state index in [1.54, 1.807) is 17.8 Å². The zero-order chi connectivity index (χ0) is 22.1. The fourth-order valence-corrected chi connectivity index (χ4v) is 5.59. The van der Waals surface area contributed by atoms with E-state index in [0.717, 1.165) is 36.5 Å². The summed E-state index contributed by atoms with van der Waals surface area (Å²) in [6.07, 6.45) is 8.76. The van der Waals surface area contributed by atoms with Gasteiger partial charge in [0.2, 0.25) is 0 Å². The van der Waals surface area contributed by atoms with E-state index < -0.39 is 12.6 Å². The molecule has 1 aromatic carbocycles. The minimum atomic E-state index is -4.16. The van der Waals surface area contributed by atoms with Crippen molar-refractivity contribution in [1.29, 1.82) is 0 Å². The van der Waals surface area contributed by atoms with Gasteiger partial charge in [-0.05, 0) is 54.4 Å². The van der Waals surface area contributed by atoms with Gasteiger partial charge in [-0.25, -0.2) is 0 Å². The second-order valence-corrected chi connectivity index (χ2v) is 9.53. The molecule has 162 valence electrons. The third kappa shape index (κ3) is 4.98. The zero-order valence-corrected chi connectivity index (χ0v) is 18.3. The van der Waals surface area contributed by atoms with Crippen molar-refractivity contribution in [2.45, 2.75) is 44.8 Å². The molecule has 2 aliphatic carbocycles. The molecule has 0 aromatic heterocycles. The first-order valence-electron chi connectivity index (χ1n) is 10.6. The summed E-state index contributed by atoms with van der Waals surface area (Å²) in [5.41, 5.74) is 3.49. The molecule has 3 aliphatic rings. The van der Waals surface area contributed by atoms with E-state index in [1.165, 1.54) is 21.6 Å². The highest BCUT2D eigenvalue weighted by molar-refractivity contribution is 8.17. The zero-order valence-electron chi connectivity index (χ0n) is 17.5. The predicted molar refractivity (Wildman–Crippen MR) is 124 cm³/mol. The summed E-state index contributed by atoms with van der Waals surface area (Å²) in [7, 11) is 0. The maximum absolute atomic E-state index is 12.3. The minimum absolute atomic E-state index is 0.00972. The van der Waals surface area contributed by atoms with Crippen molar-refractivity contribution in [2.24, 2.45) is 16.3 Å². The summed E-state index contributed by atoms with van der Waals surface area (Å²) < 4.78 is 36.9. The monoisotopic (exact) mass is 441 g/mol. The molecule has 4 rings (SSSR count). The average molecular weight is 442 g/mol. The van der Waals surface area contributed by atoms with Gasteiger partial charge in [0.15, 0.2) is 0 Å². The molecule has 0 radical (unpaired) electrons. The van der Waals surface area contributed by atoms with Gasteiger partial charge in [-0.15, -0.1) is 6.58 Å². The number of fused-ring (bicyclic) bond motifs is 1. The van der Waals surface area contributed by atoms with Crippen molar-refractivity contribution >= 4 is 16.8 Å². The molecule has 0 spiro atoms. The van der Waals surface area contributed by atoms with Crippen LogP contribution in [-0.4, -0.2) is 17.3 Å². The molecule has 1 aromatic rings. The Balaban J connectivity index is 1.39. The molecule has 1 aliphatic heterocycles. The van der Waals surface area contributed by atoms with E-state index in [0.29, 0.717) is 5.92 Å². The lowest BCUT2D eigenvalue weighted by Gasteiger charge is -2.12. The largest absolute Gasteiger partial charge is 0.392 e. The SMILES string of the molecule is C=CC1(CCc2ccccc2)CC1C1=NC2C(=CC=C2/C(C)=C/C=C\CC(F)(F)F)S1. The van der Waals surface area contributed by atoms with Crippen LogP contribution in [0.1, 0.15) is 31.7 Å². The molecular formula is C26H26F3NS. The number of nitrogens with zero attached hydrogens (tertiary/aromatic N) is 1. The molecule has 3 atom stereocenters. The lowest BCUT2D eigenvalue weighted by molar-refractivity contribution is -0.125. The summed E-state index contributed by atoms with van der Waals surface area (Å²) in [6.45, 7) is 6.05. The third-order valence-corrected chi connectivity index (χ3v) is 7.50. The number of alkyl halides is 3. The summed E-state index contributed by atoms with van der Waals surface area (Å²) in [6, 6.07) is 10.5. The van der Waals surface area contributed by atoms with E-state index in [1.807, 2.05) is 19.1 Å². The topological polar surface area (TPSA) is 12.4 Å². The Morgan fingerprint density at radius 1 is 1.26 bits per heavy atom. The highest BCUT2D eigenvalue weighted by atomic mass is 32.2. The van der Waals surface area contributed by atoms with Crippen LogP contribution in [0, 0.1) is 11.3 Å². The molecule has 1 heterocycles. The average Bonchev–Trinajstić information content (AvgIpc) is 3.09. The van der Waals surface area contributed by atoms with Crippen LogP contribution in [0.2, 0.25) is 0 Å². The van der Waals surface area contributed by atoms with Gasteiger partial charge in [0.1, 0.15) is 6.04 Å². The minimum Gasteiger partial charge on any atom is -0.269 e. The van der Waals surface area contributed by atoms with Crippen LogP contribution in [-0.2, 0) is 6.42 Å². The Morgan fingerprint density at radius 3 is 2.74 bits per heavy atom. The number of aryl methyl sites for hydroxylation is 1. The third-order valence-electron chi connectivity index (χ3n) is 6.30. The van der Waals surface area contributed by atoms with E-state index >= 15 is 0 Å². The summed E-state index contributed by atoms with van der Waals surface area (Å²) in [4.78, 5) is 6.24. The number of hydrogen-bond acceptors (Lipinski definition) is 2. The number of aliphatic imine (C=N–C) groups is 1. The maximum atomic E-state index is 12.3. The molecule has 0 saturated heterocycles. The fourth-order valence-electron chi connectivity index (χ4n) is 4.30. The summed E-state index contributed by atoms with van der Waals surface area (Å²) >= 11 is 1.76. The predicted octanol–water partition coefficient (Wildman–Crippen LogP) is 7.60. The van der Waals surface area contributed by atoms with Crippen molar-refractivity contribution in [3.8, 4) is 0 Å². The van der Waals surface area contributed by atoms with Crippen LogP contribution < -0.4 is 0 Å². The van der Waals surface area contributed by atoms with Crippen LogP contribution in [0.4, 0.5) is 13.2 Å². The molecule has 1 nitrogen and oxygen atoms in total. The first-order valence-corrected chi connectivity index (χ1v) is 11.4. The lowest BCUT2D eigenvalue weighted by atomic mass is 9.94. The Hall–Kier alpha value is -2.27. The van der Waals surface area contributed by atoms with E-state index in [4.69, 9.17) is 4.99 Å². The van der Waals surface area contributed by atoms with Gasteiger partial charge in [0.05, 0.1) is 11.5 Å². The number of rotatable bonds is 8. The van der Waals surface area contributed by atoms with Gasteiger partial charge < -0.3 is 0 Å². The smallest absolute Gasteiger partial charge is 0.269 e. The quantitative estimate of drug-likeness (QED) is 0.299. The maximum Gasteiger partial charge on any atom is 0.392 e. The van der Waals surface area contributed by atoms with Crippen molar-refractivity contribution in [3.63, 3.8) is 0 Å². The summed E-state index contributed by atoms with van der Waals surface area (Å²) in [5, 5.41) is 1.18. The van der Waals surface area contributed by atoms with Gasteiger partial charge >= 0.3 is 6.18 Å². The first-order chi connectivity index (χ1) is 14.8. The van der Waals surface area contributed by atoms with Gasteiger partial charge in [-0.2, -0.15) is 13.2 Å². The number of thioether (sulfide) groups is 1. The van der Waals surface area contributed by atoms with Crippen LogP contribution in [0.25, 0.3) is 0 Å². The molecule has 0 amide bonds. The highest BCUT2D eigenvalue weighted by Gasteiger charge is 2.55. The van der Waals surface area contributed by atoms with Crippen LogP contribution >= 0.6 is 11.8 Å². The Bertz CT molecular complexity index is 997. The number of hydrogen-bond donors (Lipinski definition) is 0. The molecule has 1 saturated carbocycles. The summed E-state index contributed by atoms with van der Waals surface area (Å²) in [5.74, 6) is 0.419. The number of allylic oxidation sites excluding steroid dienone is 6. The normalized spacial score (nSPS) is 27.7. The van der Waals surface area contributed by atoms with Crippen LogP contribution in [0.3, 0.4) is 0 Å². The van der Waals surface area contributed by atoms with E-state index in [-0.39, 0.29) is 11.5 Å². The Kier molecular flexibility index (Phi) is 6.16. The number of benzene rings is 1. The second kappa shape index (κ2) is 8.70. The molecule has 1 fully saturated rings. The molecule has 0 bridgehead atoms. The Labute approximate surface area is 186 Å². The molecule has 3 unspecified atom stereocenters. The highest BCUT2D eigenvalue weighted by Crippen LogP contribution is 2.61. The van der Waals surface area contributed by atoms with Crippen molar-refractivity contribution < 1.29 is 13.2 Å². The van der Waals surface area contributed by atoms with E-state index in [9.17, 15) is 13.2 Å². The van der Waals surface area contributed by atoms with Gasteiger partial charge in [-0.1, -0.05) is 72.5 Å². The van der Waals surface area contributed by atoms with Gasteiger partial charge in [0.25, 0.3) is 0 Å². The first kappa shape index (κ1) is 21.9. The number of halogens is 3. The fraction of sp³-hybridized carbons (Fsp3) is 0.346. The standard InChI is InChI=1S/C26H26F3NS/c1-3-25(16-14-19-10-5-4-6-11-19)17-21(25)24-30-23-20(12-13-22(23)31-24)18(2)9-7-8-15-26(27,28)29/h3-13,21,23H,1,14-17H2,2H3/b8-7-,18-9+. The van der Waals surface area contributed by atoms with Crippen molar-refractivity contribution in [3.05, 3.63) is 95.0 Å². The van der Waals surface area contributed by atoms with Gasteiger partial charge in [0, 0.05) is 10.8 Å². The molecule has 5 heteroatoms. The van der Waals surface area contributed by atoms with Crippen LogP contribution in [0.15, 0.2) is 94.4 Å². The van der Waals surface area contributed by atoms with Crippen LogP contribution in [0.5, 0.6) is 0 Å². The lowest BCUT2D eigenvalue weighted by Crippen LogP contribution is -2.08. The van der Waals surface area contributed by atoms with Gasteiger partial charge in [-0.3, -0.25) is 4.99 Å². The Morgan fingerprint density at radius 2 is 2.03 bits per heavy atom. The van der Waals surface area contributed by atoms with Crippen molar-refractivity contribution in [1.82, 2.24) is 0 Å².